The summed E-state index contributed by atoms with van der Waals surface area (Å²) in [6.07, 6.45) is 0.858. The molecule has 88 valence electrons. The molecule has 0 saturated heterocycles. The Hall–Kier alpha value is -1.52. The maximum Gasteiger partial charge on any atom is 0.269 e. The van der Waals surface area contributed by atoms with Gasteiger partial charge < -0.3 is 5.32 Å². The van der Waals surface area contributed by atoms with Crippen LogP contribution in [0, 0.1) is 0 Å². The van der Waals surface area contributed by atoms with Crippen molar-refractivity contribution in [1.29, 1.82) is 0 Å². The van der Waals surface area contributed by atoms with Crippen molar-refractivity contribution in [2.24, 2.45) is 0 Å². The third-order valence-electron chi connectivity index (χ3n) is 3.03. The summed E-state index contributed by atoms with van der Waals surface area (Å²) in [6.45, 7) is 1.54. The molecule has 0 atom stereocenters. The van der Waals surface area contributed by atoms with Crippen molar-refractivity contribution in [3.05, 3.63) is 50.9 Å². The number of benzene rings is 1. The van der Waals surface area contributed by atoms with Crippen molar-refractivity contribution < 1.29 is 0 Å². The van der Waals surface area contributed by atoms with Crippen LogP contribution in [-0.2, 0) is 13.0 Å². The van der Waals surface area contributed by atoms with Gasteiger partial charge in [-0.15, -0.1) is 0 Å². The molecule has 0 fully saturated rings. The van der Waals surface area contributed by atoms with E-state index in [1.807, 2.05) is 28.9 Å². The highest BCUT2D eigenvalue weighted by Gasteiger charge is 2.18. The minimum Gasteiger partial charge on any atom is -0.312 e. The van der Waals surface area contributed by atoms with Crippen LogP contribution in [0.1, 0.15) is 11.3 Å². The summed E-state index contributed by atoms with van der Waals surface area (Å²) in [5.74, 6) is 0. The van der Waals surface area contributed by atoms with E-state index in [4.69, 9.17) is 11.6 Å². The second kappa shape index (κ2) is 4.05. The maximum absolute atomic E-state index is 11.8. The number of nitrogens with zero attached hydrogens (tertiary/aromatic N) is 1. The largest absolute Gasteiger partial charge is 0.312 e. The van der Waals surface area contributed by atoms with E-state index < -0.39 is 0 Å². The second-order valence-electron chi connectivity index (χ2n) is 4.10. The normalized spacial score (nSPS) is 14.6. The van der Waals surface area contributed by atoms with Crippen molar-refractivity contribution in [1.82, 2.24) is 15.1 Å². The summed E-state index contributed by atoms with van der Waals surface area (Å²) in [5, 5.41) is 6.76. The third kappa shape index (κ3) is 1.79. The monoisotopic (exact) mass is 249 g/mol. The number of fused-ring (bicyclic) bond motifs is 1. The van der Waals surface area contributed by atoms with Gasteiger partial charge in [-0.25, -0.2) is 0 Å². The lowest BCUT2D eigenvalue weighted by Crippen LogP contribution is -2.26. The van der Waals surface area contributed by atoms with Crippen LogP contribution in [0.3, 0.4) is 0 Å². The van der Waals surface area contributed by atoms with Gasteiger partial charge in [0.25, 0.3) is 5.56 Å². The zero-order valence-corrected chi connectivity index (χ0v) is 9.92. The molecular formula is C12H12ClN3O. The zero-order chi connectivity index (χ0) is 11.8. The van der Waals surface area contributed by atoms with E-state index in [2.05, 4.69) is 10.4 Å². The fourth-order valence-electron chi connectivity index (χ4n) is 2.18. The lowest BCUT2D eigenvalue weighted by atomic mass is 10.1. The van der Waals surface area contributed by atoms with Crippen molar-refractivity contribution in [3.63, 3.8) is 0 Å². The first-order valence-corrected chi connectivity index (χ1v) is 5.93. The quantitative estimate of drug-likeness (QED) is 0.804. The summed E-state index contributed by atoms with van der Waals surface area (Å²) in [4.78, 5) is 11.8. The molecule has 0 bridgehead atoms. The molecule has 1 aliphatic rings. The number of hydrogen-bond acceptors (Lipinski definition) is 2. The van der Waals surface area contributed by atoms with Crippen LogP contribution in [0.25, 0.3) is 5.69 Å². The Balaban J connectivity index is 2.15. The SMILES string of the molecule is O=c1[nH]n(-c2ccc(Cl)cc2)c2c1CNCC2. The van der Waals surface area contributed by atoms with Crippen LogP contribution in [0.15, 0.2) is 29.1 Å². The highest BCUT2D eigenvalue weighted by atomic mass is 35.5. The number of H-pyrrole nitrogens is 1. The molecule has 0 saturated carbocycles. The summed E-state index contributed by atoms with van der Waals surface area (Å²) in [7, 11) is 0. The first-order chi connectivity index (χ1) is 8.25. The first-order valence-electron chi connectivity index (χ1n) is 5.55. The number of halogens is 1. The van der Waals surface area contributed by atoms with Gasteiger partial charge >= 0.3 is 0 Å². The minimum absolute atomic E-state index is 0.0119. The Bertz CT molecular complexity index is 597. The van der Waals surface area contributed by atoms with Crippen molar-refractivity contribution in [2.75, 3.05) is 6.54 Å². The average molecular weight is 250 g/mol. The van der Waals surface area contributed by atoms with E-state index in [0.717, 1.165) is 29.9 Å². The number of aromatic amines is 1. The van der Waals surface area contributed by atoms with Crippen LogP contribution in [0.5, 0.6) is 0 Å². The van der Waals surface area contributed by atoms with Crippen LogP contribution >= 0.6 is 11.6 Å². The molecule has 2 N–H and O–H groups in total. The Morgan fingerprint density at radius 2 is 2.00 bits per heavy atom. The molecule has 0 spiro atoms. The molecule has 0 unspecified atom stereocenters. The van der Waals surface area contributed by atoms with E-state index in [1.54, 1.807) is 0 Å². The van der Waals surface area contributed by atoms with Crippen LogP contribution in [0.2, 0.25) is 5.02 Å². The molecule has 2 aromatic rings. The summed E-state index contributed by atoms with van der Waals surface area (Å²) < 4.78 is 1.86. The van der Waals surface area contributed by atoms with Gasteiger partial charge in [0.1, 0.15) is 0 Å². The lowest BCUT2D eigenvalue weighted by Gasteiger charge is -2.14. The van der Waals surface area contributed by atoms with E-state index in [0.29, 0.717) is 11.6 Å². The van der Waals surface area contributed by atoms with Gasteiger partial charge in [-0.05, 0) is 24.3 Å². The molecule has 5 heteroatoms. The molecule has 2 heterocycles. The van der Waals surface area contributed by atoms with Gasteiger partial charge in [0, 0.05) is 24.5 Å². The van der Waals surface area contributed by atoms with Crippen LogP contribution < -0.4 is 10.9 Å². The predicted molar refractivity (Wildman–Crippen MR) is 66.8 cm³/mol. The molecule has 0 radical (unpaired) electrons. The van der Waals surface area contributed by atoms with E-state index in [9.17, 15) is 4.79 Å². The standard InChI is InChI=1S/C12H12ClN3O/c13-8-1-3-9(4-2-8)16-11-5-6-14-7-10(11)12(17)15-16/h1-4,14H,5-7H2,(H,15,17). The van der Waals surface area contributed by atoms with Gasteiger partial charge in [-0.1, -0.05) is 11.6 Å². The van der Waals surface area contributed by atoms with Crippen molar-refractivity contribution in [2.45, 2.75) is 13.0 Å². The second-order valence-corrected chi connectivity index (χ2v) is 4.54. The van der Waals surface area contributed by atoms with Gasteiger partial charge in [0.2, 0.25) is 0 Å². The Morgan fingerprint density at radius 3 is 2.76 bits per heavy atom. The van der Waals surface area contributed by atoms with Crippen LogP contribution in [-0.4, -0.2) is 16.3 Å². The molecule has 1 aliphatic heterocycles. The maximum atomic E-state index is 11.8. The fraction of sp³-hybridized carbons (Fsp3) is 0.250. The fourth-order valence-corrected chi connectivity index (χ4v) is 2.30. The first kappa shape index (κ1) is 10.6. The summed E-state index contributed by atoms with van der Waals surface area (Å²) in [6, 6.07) is 7.45. The Morgan fingerprint density at radius 1 is 1.24 bits per heavy atom. The van der Waals surface area contributed by atoms with Gasteiger partial charge in [-0.2, -0.15) is 0 Å². The molecular weight excluding hydrogens is 238 g/mol. The highest BCUT2D eigenvalue weighted by molar-refractivity contribution is 6.30. The molecule has 1 aromatic heterocycles. The molecule has 0 amide bonds. The molecule has 1 aromatic carbocycles. The average Bonchev–Trinajstić information content (AvgIpc) is 2.69. The number of rotatable bonds is 1. The van der Waals surface area contributed by atoms with Crippen molar-refractivity contribution in [3.8, 4) is 5.69 Å². The minimum atomic E-state index is -0.0119. The molecule has 4 nitrogen and oxygen atoms in total. The smallest absolute Gasteiger partial charge is 0.269 e. The Labute approximate surface area is 103 Å². The Kier molecular flexibility index (Phi) is 2.53. The van der Waals surface area contributed by atoms with Gasteiger partial charge in [-0.3, -0.25) is 14.6 Å². The van der Waals surface area contributed by atoms with Crippen LogP contribution in [0.4, 0.5) is 0 Å². The van der Waals surface area contributed by atoms with E-state index in [-0.39, 0.29) is 5.56 Å². The van der Waals surface area contributed by atoms with E-state index >= 15 is 0 Å². The topological polar surface area (TPSA) is 49.8 Å². The van der Waals surface area contributed by atoms with Crippen molar-refractivity contribution >= 4 is 11.6 Å². The molecule has 3 rings (SSSR count). The lowest BCUT2D eigenvalue weighted by molar-refractivity contribution is 0.622. The molecule has 0 aliphatic carbocycles. The van der Waals surface area contributed by atoms with E-state index in [1.165, 1.54) is 0 Å². The third-order valence-corrected chi connectivity index (χ3v) is 3.28. The number of aromatic nitrogens is 2. The van der Waals surface area contributed by atoms with Gasteiger partial charge in [0.05, 0.1) is 16.9 Å². The highest BCUT2D eigenvalue weighted by Crippen LogP contribution is 2.17. The van der Waals surface area contributed by atoms with Gasteiger partial charge in [0.15, 0.2) is 0 Å². The molecule has 17 heavy (non-hydrogen) atoms. The number of hydrogen-bond donors (Lipinski definition) is 2. The summed E-state index contributed by atoms with van der Waals surface area (Å²) >= 11 is 5.86. The summed E-state index contributed by atoms with van der Waals surface area (Å²) in [5.41, 5.74) is 2.83. The predicted octanol–water partition coefficient (Wildman–Crippen LogP) is 1.46. The number of nitrogens with one attached hydrogen (secondary N) is 2. The zero-order valence-electron chi connectivity index (χ0n) is 9.16.